The van der Waals surface area contributed by atoms with Crippen molar-refractivity contribution in [1.29, 1.82) is 0 Å². The summed E-state index contributed by atoms with van der Waals surface area (Å²) >= 11 is 0. The van der Waals surface area contributed by atoms with Crippen molar-refractivity contribution in [1.82, 2.24) is 0 Å². The molecule has 1 rings (SSSR count). The Hall–Kier alpha value is -1.22. The van der Waals surface area contributed by atoms with Gasteiger partial charge in [0.15, 0.2) is 0 Å². The predicted octanol–water partition coefficient (Wildman–Crippen LogP) is 2.29. The maximum atomic E-state index is 9.72. The van der Waals surface area contributed by atoms with Crippen molar-refractivity contribution in [3.05, 3.63) is 23.8 Å². The van der Waals surface area contributed by atoms with E-state index in [0.717, 1.165) is 18.8 Å². The number of anilines is 1. The molecule has 2 N–H and O–H groups in total. The molecule has 84 valence electrons. The smallest absolute Gasteiger partial charge is 0.123 e. The third kappa shape index (κ3) is 2.63. The Balaban J connectivity index is 3.00. The predicted molar refractivity (Wildman–Crippen MR) is 62.3 cm³/mol. The van der Waals surface area contributed by atoms with E-state index < -0.39 is 6.10 Å². The topological polar surface area (TPSA) is 43.7 Å². The lowest BCUT2D eigenvalue weighted by Crippen LogP contribution is -2.21. The fraction of sp³-hybridized carbons (Fsp3) is 0.500. The van der Waals surface area contributed by atoms with Crippen LogP contribution in [0.15, 0.2) is 18.2 Å². The van der Waals surface area contributed by atoms with Gasteiger partial charge in [-0.2, -0.15) is 0 Å². The van der Waals surface area contributed by atoms with Gasteiger partial charge in [0.2, 0.25) is 0 Å². The van der Waals surface area contributed by atoms with E-state index in [-0.39, 0.29) is 5.75 Å². The van der Waals surface area contributed by atoms with Crippen LogP contribution in [-0.4, -0.2) is 23.3 Å². The fourth-order valence-corrected chi connectivity index (χ4v) is 1.67. The monoisotopic (exact) mass is 209 g/mol. The number of aliphatic hydroxyl groups excluding tert-OH is 1. The molecule has 0 saturated heterocycles. The van der Waals surface area contributed by atoms with Gasteiger partial charge in [0.1, 0.15) is 5.75 Å². The second-order valence-electron chi connectivity index (χ2n) is 3.59. The Morgan fingerprint density at radius 3 is 2.27 bits per heavy atom. The molecule has 1 atom stereocenters. The van der Waals surface area contributed by atoms with E-state index in [1.165, 1.54) is 0 Å². The molecule has 0 aliphatic carbocycles. The molecule has 0 saturated carbocycles. The number of benzene rings is 1. The summed E-state index contributed by atoms with van der Waals surface area (Å²) in [6.07, 6.45) is -0.629. The Labute approximate surface area is 91.0 Å². The van der Waals surface area contributed by atoms with Crippen LogP contribution in [0.2, 0.25) is 0 Å². The zero-order chi connectivity index (χ0) is 11.4. The zero-order valence-electron chi connectivity index (χ0n) is 9.57. The second-order valence-corrected chi connectivity index (χ2v) is 3.59. The van der Waals surface area contributed by atoms with Gasteiger partial charge in [-0.25, -0.2) is 0 Å². The minimum Gasteiger partial charge on any atom is -0.507 e. The highest BCUT2D eigenvalue weighted by Gasteiger charge is 2.09. The molecule has 0 aromatic heterocycles. The summed E-state index contributed by atoms with van der Waals surface area (Å²) < 4.78 is 0. The van der Waals surface area contributed by atoms with E-state index in [1.54, 1.807) is 19.1 Å². The van der Waals surface area contributed by atoms with E-state index in [9.17, 15) is 10.2 Å². The Morgan fingerprint density at radius 1 is 1.27 bits per heavy atom. The Bertz CT molecular complexity index is 319. The van der Waals surface area contributed by atoms with Crippen molar-refractivity contribution in [3.63, 3.8) is 0 Å². The zero-order valence-corrected chi connectivity index (χ0v) is 9.57. The molecular weight excluding hydrogens is 190 g/mol. The highest BCUT2D eigenvalue weighted by atomic mass is 16.3. The summed E-state index contributed by atoms with van der Waals surface area (Å²) in [7, 11) is 0. The number of aliphatic hydroxyl groups is 1. The third-order valence-corrected chi connectivity index (χ3v) is 2.59. The molecule has 0 aliphatic rings. The van der Waals surface area contributed by atoms with Crippen molar-refractivity contribution < 1.29 is 10.2 Å². The molecule has 1 aromatic rings. The lowest BCUT2D eigenvalue weighted by Gasteiger charge is -2.22. The minimum absolute atomic E-state index is 0.161. The van der Waals surface area contributed by atoms with E-state index >= 15 is 0 Å². The normalized spacial score (nSPS) is 12.5. The standard InChI is InChI=1S/C12H19NO2/c1-4-13(5-2)10-6-7-11(9(3)14)12(15)8-10/h6-9,14-15H,4-5H2,1-3H3/t9-/m0/s1. The number of rotatable bonds is 4. The van der Waals surface area contributed by atoms with Gasteiger partial charge in [-0.05, 0) is 26.8 Å². The number of hydrogen-bond donors (Lipinski definition) is 2. The van der Waals surface area contributed by atoms with Crippen LogP contribution in [-0.2, 0) is 0 Å². The van der Waals surface area contributed by atoms with Crippen LogP contribution in [0.1, 0.15) is 32.4 Å². The number of phenols is 1. The molecule has 0 bridgehead atoms. The maximum Gasteiger partial charge on any atom is 0.123 e. The molecule has 0 radical (unpaired) electrons. The van der Waals surface area contributed by atoms with Gasteiger partial charge >= 0.3 is 0 Å². The molecule has 3 nitrogen and oxygen atoms in total. The Kier molecular flexibility index (Phi) is 3.97. The number of hydrogen-bond acceptors (Lipinski definition) is 3. The van der Waals surface area contributed by atoms with Crippen molar-refractivity contribution in [2.45, 2.75) is 26.9 Å². The van der Waals surface area contributed by atoms with Crippen LogP contribution >= 0.6 is 0 Å². The number of nitrogens with zero attached hydrogens (tertiary/aromatic N) is 1. The first-order valence-electron chi connectivity index (χ1n) is 5.36. The lowest BCUT2D eigenvalue weighted by atomic mass is 10.1. The van der Waals surface area contributed by atoms with Crippen LogP contribution in [0.4, 0.5) is 5.69 Å². The largest absolute Gasteiger partial charge is 0.507 e. The molecule has 1 aromatic carbocycles. The fourth-order valence-electron chi connectivity index (χ4n) is 1.67. The second kappa shape index (κ2) is 5.03. The van der Waals surface area contributed by atoms with Gasteiger partial charge < -0.3 is 15.1 Å². The average molecular weight is 209 g/mol. The lowest BCUT2D eigenvalue weighted by molar-refractivity contribution is 0.195. The van der Waals surface area contributed by atoms with Gasteiger partial charge in [0.05, 0.1) is 6.10 Å². The van der Waals surface area contributed by atoms with Crippen molar-refractivity contribution >= 4 is 5.69 Å². The summed E-state index contributed by atoms with van der Waals surface area (Å²) in [6.45, 7) is 7.60. The summed E-state index contributed by atoms with van der Waals surface area (Å²) in [5.41, 5.74) is 1.56. The molecule has 0 fully saturated rings. The summed E-state index contributed by atoms with van der Waals surface area (Å²) in [4.78, 5) is 2.14. The van der Waals surface area contributed by atoms with E-state index in [0.29, 0.717) is 5.56 Å². The van der Waals surface area contributed by atoms with Gasteiger partial charge in [-0.15, -0.1) is 0 Å². The SMILES string of the molecule is CCN(CC)c1ccc([C@H](C)O)c(O)c1. The number of phenolic OH excluding ortho intramolecular Hbond substituents is 1. The van der Waals surface area contributed by atoms with Gasteiger partial charge in [-0.3, -0.25) is 0 Å². The molecule has 0 aliphatic heterocycles. The van der Waals surface area contributed by atoms with Crippen LogP contribution < -0.4 is 4.90 Å². The molecule has 3 heteroatoms. The van der Waals surface area contributed by atoms with Gasteiger partial charge in [0.25, 0.3) is 0 Å². The van der Waals surface area contributed by atoms with Crippen LogP contribution in [0.3, 0.4) is 0 Å². The summed E-state index contributed by atoms with van der Waals surface area (Å²) in [5, 5.41) is 19.1. The first-order chi connectivity index (χ1) is 7.10. The van der Waals surface area contributed by atoms with Gasteiger partial charge in [0, 0.05) is 30.4 Å². The van der Waals surface area contributed by atoms with Crippen molar-refractivity contribution in [2.75, 3.05) is 18.0 Å². The van der Waals surface area contributed by atoms with E-state index in [1.807, 2.05) is 6.07 Å². The van der Waals surface area contributed by atoms with Crippen molar-refractivity contribution in [2.24, 2.45) is 0 Å². The Morgan fingerprint density at radius 2 is 1.87 bits per heavy atom. The summed E-state index contributed by atoms with van der Waals surface area (Å²) in [5.74, 6) is 0.161. The molecule has 0 spiro atoms. The van der Waals surface area contributed by atoms with E-state index in [2.05, 4.69) is 18.7 Å². The average Bonchev–Trinajstić information content (AvgIpc) is 2.19. The quantitative estimate of drug-likeness (QED) is 0.799. The third-order valence-electron chi connectivity index (χ3n) is 2.59. The molecule has 0 unspecified atom stereocenters. The molecule has 0 heterocycles. The maximum absolute atomic E-state index is 9.72. The number of aromatic hydroxyl groups is 1. The highest BCUT2D eigenvalue weighted by molar-refractivity contribution is 5.53. The van der Waals surface area contributed by atoms with Gasteiger partial charge in [-0.1, -0.05) is 6.07 Å². The molecule has 15 heavy (non-hydrogen) atoms. The van der Waals surface area contributed by atoms with Crippen molar-refractivity contribution in [3.8, 4) is 5.75 Å². The van der Waals surface area contributed by atoms with Crippen LogP contribution in [0, 0.1) is 0 Å². The molecule has 0 amide bonds. The minimum atomic E-state index is -0.629. The molecular formula is C12H19NO2. The first-order valence-corrected chi connectivity index (χ1v) is 5.36. The van der Waals surface area contributed by atoms with E-state index in [4.69, 9.17) is 0 Å². The van der Waals surface area contributed by atoms with Crippen LogP contribution in [0.25, 0.3) is 0 Å². The summed E-state index contributed by atoms with van der Waals surface area (Å²) in [6, 6.07) is 5.40. The highest BCUT2D eigenvalue weighted by Crippen LogP contribution is 2.28. The first kappa shape index (κ1) is 11.9. The van der Waals surface area contributed by atoms with Crippen LogP contribution in [0.5, 0.6) is 5.75 Å².